The number of phenolic OH excluding ortho intramolecular Hbond substituents is 1. The number of hydrogen-bond donors (Lipinski definition) is 4. The molecule has 3 aromatic rings. The number of carboxylic acid groups (broad SMARTS) is 1. The SMILES string of the molecule is O=C(O)Oc1cc2c(CCCCC3CC(c4ccccc4)=CCN3)c[nH]c2cc1O. The second-order valence-corrected chi connectivity index (χ2v) is 7.70. The standard InChI is InChI=1S/C24H26N2O4/c27-22-14-21-20(13-23(22)30-24(28)29)18(15-26-21)8-4-5-9-19-12-17(10-11-25-19)16-6-2-1-3-7-16/h1-3,6-7,10,13-15,19,25-27H,4-5,8-9,11-12H2,(H,28,29). The number of fused-ring (bicyclic) bond motifs is 1. The summed E-state index contributed by atoms with van der Waals surface area (Å²) in [5, 5.41) is 23.2. The van der Waals surface area contributed by atoms with Gasteiger partial charge in [-0.15, -0.1) is 0 Å². The van der Waals surface area contributed by atoms with E-state index in [-0.39, 0.29) is 11.5 Å². The average Bonchev–Trinajstić information content (AvgIpc) is 3.13. The number of unbranched alkanes of at least 4 members (excludes halogenated alkanes) is 1. The average molecular weight is 406 g/mol. The summed E-state index contributed by atoms with van der Waals surface area (Å²) in [5.41, 5.74) is 4.60. The maximum absolute atomic E-state index is 10.8. The molecule has 4 rings (SSSR count). The fourth-order valence-electron chi connectivity index (χ4n) is 4.15. The van der Waals surface area contributed by atoms with Crippen molar-refractivity contribution < 1.29 is 19.7 Å². The quantitative estimate of drug-likeness (QED) is 0.249. The van der Waals surface area contributed by atoms with Crippen LogP contribution in [0.2, 0.25) is 0 Å². The molecule has 0 spiro atoms. The van der Waals surface area contributed by atoms with E-state index in [1.54, 1.807) is 6.07 Å². The third-order valence-corrected chi connectivity index (χ3v) is 5.66. The number of ether oxygens (including phenoxy) is 1. The number of carbonyl (C=O) groups is 1. The van der Waals surface area contributed by atoms with Crippen LogP contribution in [0, 0.1) is 0 Å². The van der Waals surface area contributed by atoms with Gasteiger partial charge in [-0.25, -0.2) is 4.79 Å². The number of rotatable bonds is 7. The van der Waals surface area contributed by atoms with Crippen molar-refractivity contribution in [2.24, 2.45) is 0 Å². The smallest absolute Gasteiger partial charge is 0.504 e. The van der Waals surface area contributed by atoms with Gasteiger partial charge in [-0.1, -0.05) is 42.8 Å². The normalized spacial score (nSPS) is 16.4. The summed E-state index contributed by atoms with van der Waals surface area (Å²) in [6, 6.07) is 14.1. The molecule has 2 heterocycles. The zero-order chi connectivity index (χ0) is 20.9. The Labute approximate surface area is 175 Å². The van der Waals surface area contributed by atoms with Gasteiger partial charge >= 0.3 is 6.16 Å². The Kier molecular flexibility index (Phi) is 6.05. The number of benzene rings is 2. The molecule has 1 aromatic heterocycles. The lowest BCUT2D eigenvalue weighted by molar-refractivity contribution is 0.143. The zero-order valence-corrected chi connectivity index (χ0v) is 16.7. The Morgan fingerprint density at radius 3 is 2.80 bits per heavy atom. The van der Waals surface area contributed by atoms with Gasteiger partial charge in [0.2, 0.25) is 0 Å². The molecule has 0 fully saturated rings. The van der Waals surface area contributed by atoms with E-state index in [4.69, 9.17) is 5.11 Å². The first-order valence-corrected chi connectivity index (χ1v) is 10.3. The summed E-state index contributed by atoms with van der Waals surface area (Å²) in [5.74, 6) is -0.230. The number of aromatic hydroxyl groups is 1. The second kappa shape index (κ2) is 9.05. The van der Waals surface area contributed by atoms with Crippen molar-refractivity contribution in [2.75, 3.05) is 6.54 Å². The summed E-state index contributed by atoms with van der Waals surface area (Å²) < 4.78 is 4.67. The van der Waals surface area contributed by atoms with Gasteiger partial charge in [0.05, 0.1) is 0 Å². The highest BCUT2D eigenvalue weighted by atomic mass is 16.7. The molecule has 6 heteroatoms. The van der Waals surface area contributed by atoms with Crippen LogP contribution in [0.5, 0.6) is 11.5 Å². The van der Waals surface area contributed by atoms with Crippen LogP contribution in [0.15, 0.2) is 54.7 Å². The number of H-pyrrole nitrogens is 1. The number of aromatic nitrogens is 1. The monoisotopic (exact) mass is 406 g/mol. The first kappa shape index (κ1) is 20.0. The fraction of sp³-hybridized carbons (Fsp3) is 0.292. The van der Waals surface area contributed by atoms with E-state index < -0.39 is 6.16 Å². The first-order chi connectivity index (χ1) is 14.6. The van der Waals surface area contributed by atoms with E-state index in [2.05, 4.69) is 45.4 Å². The van der Waals surface area contributed by atoms with Crippen LogP contribution in [-0.2, 0) is 6.42 Å². The number of aromatic amines is 1. The zero-order valence-electron chi connectivity index (χ0n) is 16.7. The number of hydrogen-bond acceptors (Lipinski definition) is 4. The van der Waals surface area contributed by atoms with Gasteiger partial charge < -0.3 is 25.3 Å². The van der Waals surface area contributed by atoms with Crippen LogP contribution in [0.25, 0.3) is 16.5 Å². The van der Waals surface area contributed by atoms with Gasteiger partial charge in [-0.3, -0.25) is 0 Å². The molecule has 0 amide bonds. The van der Waals surface area contributed by atoms with E-state index in [0.717, 1.165) is 55.1 Å². The highest BCUT2D eigenvalue weighted by molar-refractivity contribution is 5.87. The molecule has 0 saturated heterocycles. The predicted molar refractivity (Wildman–Crippen MR) is 117 cm³/mol. The fourth-order valence-corrected chi connectivity index (χ4v) is 4.15. The summed E-state index contributed by atoms with van der Waals surface area (Å²) in [6.07, 6.45) is 7.94. The van der Waals surface area contributed by atoms with Crippen molar-refractivity contribution in [1.29, 1.82) is 0 Å². The van der Waals surface area contributed by atoms with Crippen LogP contribution in [-0.4, -0.2) is 33.9 Å². The molecule has 2 aromatic carbocycles. The third kappa shape index (κ3) is 4.66. The lowest BCUT2D eigenvalue weighted by Gasteiger charge is -2.24. The Bertz CT molecular complexity index is 1060. The van der Waals surface area contributed by atoms with Gasteiger partial charge in [0.1, 0.15) is 0 Å². The van der Waals surface area contributed by atoms with Crippen LogP contribution in [0.1, 0.15) is 36.8 Å². The van der Waals surface area contributed by atoms with Crippen molar-refractivity contribution in [3.63, 3.8) is 0 Å². The molecule has 1 aliphatic heterocycles. The Balaban J connectivity index is 1.32. The van der Waals surface area contributed by atoms with Gasteiger partial charge in [-0.05, 0) is 48.4 Å². The van der Waals surface area contributed by atoms with Crippen molar-refractivity contribution >= 4 is 22.6 Å². The minimum atomic E-state index is -1.44. The molecule has 0 aliphatic carbocycles. The van der Waals surface area contributed by atoms with Crippen molar-refractivity contribution in [2.45, 2.75) is 38.1 Å². The molecule has 30 heavy (non-hydrogen) atoms. The molecule has 1 unspecified atom stereocenters. The molecule has 1 aliphatic rings. The molecule has 4 N–H and O–H groups in total. The van der Waals surface area contributed by atoms with Crippen LogP contribution >= 0.6 is 0 Å². The Hall–Kier alpha value is -3.25. The van der Waals surface area contributed by atoms with Crippen LogP contribution in [0.3, 0.4) is 0 Å². The van der Waals surface area contributed by atoms with Crippen molar-refractivity contribution in [3.8, 4) is 11.5 Å². The first-order valence-electron chi connectivity index (χ1n) is 10.3. The predicted octanol–water partition coefficient (Wildman–Crippen LogP) is 5.09. The van der Waals surface area contributed by atoms with Gasteiger partial charge in [0.25, 0.3) is 0 Å². The van der Waals surface area contributed by atoms with E-state index in [1.165, 1.54) is 17.2 Å². The second-order valence-electron chi connectivity index (χ2n) is 7.70. The lowest BCUT2D eigenvalue weighted by atomic mass is 9.92. The van der Waals surface area contributed by atoms with E-state index >= 15 is 0 Å². The molecule has 0 saturated carbocycles. The molecule has 6 nitrogen and oxygen atoms in total. The molecule has 0 bridgehead atoms. The largest absolute Gasteiger partial charge is 0.511 e. The molecule has 1 atom stereocenters. The highest BCUT2D eigenvalue weighted by Crippen LogP contribution is 2.33. The van der Waals surface area contributed by atoms with Crippen molar-refractivity contribution in [1.82, 2.24) is 10.3 Å². The molecular weight excluding hydrogens is 380 g/mol. The molecule has 156 valence electrons. The van der Waals surface area contributed by atoms with E-state index in [9.17, 15) is 9.90 Å². The summed E-state index contributed by atoms with van der Waals surface area (Å²) in [7, 11) is 0. The van der Waals surface area contributed by atoms with Gasteiger partial charge in [0, 0.05) is 35.8 Å². The van der Waals surface area contributed by atoms with Crippen LogP contribution in [0.4, 0.5) is 4.79 Å². The summed E-state index contributed by atoms with van der Waals surface area (Å²) in [4.78, 5) is 13.9. The topological polar surface area (TPSA) is 94.6 Å². The van der Waals surface area contributed by atoms with Gasteiger partial charge in [-0.2, -0.15) is 0 Å². The number of nitrogens with one attached hydrogen (secondary N) is 2. The lowest BCUT2D eigenvalue weighted by Crippen LogP contribution is -2.32. The Morgan fingerprint density at radius 2 is 2.00 bits per heavy atom. The molecular formula is C24H26N2O4. The Morgan fingerprint density at radius 1 is 1.17 bits per heavy atom. The summed E-state index contributed by atoms with van der Waals surface area (Å²) in [6.45, 7) is 0.910. The maximum atomic E-state index is 10.8. The minimum absolute atomic E-state index is 0.0394. The maximum Gasteiger partial charge on any atom is 0.511 e. The number of aryl methyl sites for hydroxylation is 1. The third-order valence-electron chi connectivity index (χ3n) is 5.66. The minimum Gasteiger partial charge on any atom is -0.504 e. The van der Waals surface area contributed by atoms with E-state index in [1.807, 2.05) is 12.3 Å². The number of phenols is 1. The van der Waals surface area contributed by atoms with Crippen LogP contribution < -0.4 is 10.1 Å². The molecule has 0 radical (unpaired) electrons. The summed E-state index contributed by atoms with van der Waals surface area (Å²) >= 11 is 0. The highest BCUT2D eigenvalue weighted by Gasteiger charge is 2.16. The van der Waals surface area contributed by atoms with Crippen molar-refractivity contribution in [3.05, 3.63) is 65.9 Å². The van der Waals surface area contributed by atoms with E-state index in [0.29, 0.717) is 6.04 Å². The van der Waals surface area contributed by atoms with Gasteiger partial charge in [0.15, 0.2) is 11.5 Å².